The molecule has 0 aliphatic carbocycles. The van der Waals surface area contributed by atoms with Crippen molar-refractivity contribution in [2.24, 2.45) is 0 Å². The van der Waals surface area contributed by atoms with Gasteiger partial charge in [-0.2, -0.15) is 9.29 Å². The Balaban J connectivity index is 1.91. The molecule has 8 nitrogen and oxygen atoms in total. The molecule has 0 radical (unpaired) electrons. The molecule has 1 saturated heterocycles. The second-order valence-corrected chi connectivity index (χ2v) is 8.01. The summed E-state index contributed by atoms with van der Waals surface area (Å²) < 4.78 is 51.4. The maximum Gasteiger partial charge on any atom is 0.260 e. The lowest BCUT2D eigenvalue weighted by Crippen LogP contribution is -2.40. The Morgan fingerprint density at radius 1 is 1.35 bits per heavy atom. The molecule has 1 aromatic carbocycles. The number of nitrogens with zero attached hydrogens (tertiary/aromatic N) is 3. The molecular formula is C16H21FN4O4S. The van der Waals surface area contributed by atoms with Gasteiger partial charge in [0, 0.05) is 25.6 Å². The monoisotopic (exact) mass is 384 g/mol. The van der Waals surface area contributed by atoms with Crippen molar-refractivity contribution in [1.29, 1.82) is 0 Å². The Kier molecular flexibility index (Phi) is 5.66. The highest BCUT2D eigenvalue weighted by atomic mass is 32.2. The number of aromatic nitrogens is 2. The first-order chi connectivity index (χ1) is 12.4. The molecule has 0 bridgehead atoms. The van der Waals surface area contributed by atoms with Crippen molar-refractivity contribution in [2.45, 2.75) is 24.3 Å². The molecule has 0 amide bonds. The molecule has 1 unspecified atom stereocenters. The van der Waals surface area contributed by atoms with Gasteiger partial charge in [-0.25, -0.2) is 12.8 Å². The molecule has 26 heavy (non-hydrogen) atoms. The largest absolute Gasteiger partial charge is 0.379 e. The predicted octanol–water partition coefficient (Wildman–Crippen LogP) is 1.05. The first-order valence-electron chi connectivity index (χ1n) is 8.29. The van der Waals surface area contributed by atoms with Gasteiger partial charge in [-0.05, 0) is 32.2 Å². The van der Waals surface area contributed by atoms with Gasteiger partial charge in [0.2, 0.25) is 10.0 Å². The Morgan fingerprint density at radius 2 is 2.08 bits per heavy atom. The second-order valence-electron chi connectivity index (χ2n) is 6.07. The van der Waals surface area contributed by atoms with Gasteiger partial charge in [0.25, 0.3) is 5.89 Å². The van der Waals surface area contributed by atoms with Crippen LogP contribution in [0, 0.1) is 5.82 Å². The van der Waals surface area contributed by atoms with Crippen LogP contribution in [0.25, 0.3) is 11.5 Å². The van der Waals surface area contributed by atoms with Crippen LogP contribution >= 0.6 is 0 Å². The number of sulfonamides is 1. The van der Waals surface area contributed by atoms with Crippen molar-refractivity contribution in [3.05, 3.63) is 29.8 Å². The van der Waals surface area contributed by atoms with Crippen LogP contribution in [0.4, 0.5) is 4.39 Å². The van der Waals surface area contributed by atoms with E-state index in [9.17, 15) is 12.8 Å². The summed E-state index contributed by atoms with van der Waals surface area (Å²) in [6, 6.07) is 3.70. The zero-order chi connectivity index (χ0) is 18.7. The van der Waals surface area contributed by atoms with Crippen molar-refractivity contribution in [2.75, 3.05) is 33.4 Å². The fraction of sp³-hybridized carbons (Fsp3) is 0.500. The summed E-state index contributed by atoms with van der Waals surface area (Å²) in [5, 5.41) is 6.88. The van der Waals surface area contributed by atoms with Crippen molar-refractivity contribution >= 4 is 10.0 Å². The Bertz CT molecular complexity index is 865. The number of halogens is 1. The maximum atomic E-state index is 14.3. The normalized spacial score (nSPS) is 17.3. The van der Waals surface area contributed by atoms with Gasteiger partial charge in [-0.15, -0.1) is 0 Å². The van der Waals surface area contributed by atoms with E-state index in [1.807, 2.05) is 14.0 Å². The summed E-state index contributed by atoms with van der Waals surface area (Å²) in [6.07, 6.45) is 0.507. The van der Waals surface area contributed by atoms with E-state index < -0.39 is 15.8 Å². The molecule has 1 atom stereocenters. The van der Waals surface area contributed by atoms with Crippen molar-refractivity contribution in [1.82, 2.24) is 19.8 Å². The van der Waals surface area contributed by atoms with E-state index >= 15 is 0 Å². The van der Waals surface area contributed by atoms with E-state index in [0.717, 1.165) is 6.07 Å². The van der Waals surface area contributed by atoms with Gasteiger partial charge in [-0.1, -0.05) is 5.16 Å². The van der Waals surface area contributed by atoms with Gasteiger partial charge >= 0.3 is 0 Å². The van der Waals surface area contributed by atoms with Gasteiger partial charge in [0.15, 0.2) is 5.82 Å². The third-order valence-electron chi connectivity index (χ3n) is 4.23. The van der Waals surface area contributed by atoms with E-state index in [4.69, 9.17) is 9.26 Å². The Hall–Kier alpha value is -1.88. The maximum absolute atomic E-state index is 14.3. The summed E-state index contributed by atoms with van der Waals surface area (Å²) in [5.74, 6) is -0.245. The third kappa shape index (κ3) is 3.93. The van der Waals surface area contributed by atoms with Crippen LogP contribution in [0.15, 0.2) is 27.6 Å². The smallest absolute Gasteiger partial charge is 0.260 e. The fourth-order valence-electron chi connectivity index (χ4n) is 2.59. The number of likely N-dealkylation sites (N-methyl/N-ethyl adjacent to an activating group) is 1. The average molecular weight is 384 g/mol. The van der Waals surface area contributed by atoms with Gasteiger partial charge in [0.05, 0.1) is 23.7 Å². The molecule has 3 rings (SSSR count). The quantitative estimate of drug-likeness (QED) is 0.795. The van der Waals surface area contributed by atoms with Crippen LogP contribution < -0.4 is 5.32 Å². The third-order valence-corrected chi connectivity index (χ3v) is 6.12. The van der Waals surface area contributed by atoms with E-state index in [1.54, 1.807) is 0 Å². The minimum Gasteiger partial charge on any atom is -0.379 e. The molecule has 10 heteroatoms. The number of benzene rings is 1. The van der Waals surface area contributed by atoms with Crippen molar-refractivity contribution in [3.8, 4) is 11.5 Å². The summed E-state index contributed by atoms with van der Waals surface area (Å²) >= 11 is 0. The molecule has 1 aliphatic heterocycles. The second kappa shape index (κ2) is 7.78. The number of nitrogens with one attached hydrogen (secondary N) is 1. The molecule has 0 saturated carbocycles. The number of rotatable bonds is 6. The van der Waals surface area contributed by atoms with Gasteiger partial charge in [0.1, 0.15) is 5.82 Å². The van der Waals surface area contributed by atoms with E-state index in [2.05, 4.69) is 15.5 Å². The molecule has 1 fully saturated rings. The molecule has 0 spiro atoms. The van der Waals surface area contributed by atoms with Gasteiger partial charge < -0.3 is 14.6 Å². The van der Waals surface area contributed by atoms with Crippen LogP contribution in [-0.4, -0.2) is 62.3 Å². The molecule has 2 heterocycles. The Morgan fingerprint density at radius 3 is 2.77 bits per heavy atom. The SMILES string of the molecule is CNC(C)Cc1noc(-c2cc(S(=O)(=O)N3CCOCC3)ccc2F)n1. The zero-order valence-corrected chi connectivity index (χ0v) is 15.4. The fourth-order valence-corrected chi connectivity index (χ4v) is 4.02. The molecule has 1 N–H and O–H groups in total. The van der Waals surface area contributed by atoms with Crippen LogP contribution in [0.5, 0.6) is 0 Å². The number of hydrogen-bond acceptors (Lipinski definition) is 7. The van der Waals surface area contributed by atoms with Gasteiger partial charge in [-0.3, -0.25) is 0 Å². The number of hydrogen-bond donors (Lipinski definition) is 1. The van der Waals surface area contributed by atoms with E-state index in [1.165, 1.54) is 16.4 Å². The van der Waals surface area contributed by atoms with E-state index in [-0.39, 0.29) is 35.5 Å². The minimum atomic E-state index is -3.74. The zero-order valence-electron chi connectivity index (χ0n) is 14.6. The summed E-state index contributed by atoms with van der Waals surface area (Å²) in [5.41, 5.74) is -0.0322. The molecular weight excluding hydrogens is 363 g/mol. The predicted molar refractivity (Wildman–Crippen MR) is 91.5 cm³/mol. The lowest BCUT2D eigenvalue weighted by Gasteiger charge is -2.26. The van der Waals surface area contributed by atoms with Crippen molar-refractivity contribution in [3.63, 3.8) is 0 Å². The molecule has 1 aromatic heterocycles. The van der Waals surface area contributed by atoms with Crippen LogP contribution in [0.1, 0.15) is 12.7 Å². The summed E-state index contributed by atoms with van der Waals surface area (Å²) in [6.45, 7) is 3.16. The highest BCUT2D eigenvalue weighted by Crippen LogP contribution is 2.26. The van der Waals surface area contributed by atoms with E-state index in [0.29, 0.717) is 25.5 Å². The minimum absolute atomic E-state index is 0.0147. The summed E-state index contributed by atoms with van der Waals surface area (Å²) in [7, 11) is -1.93. The average Bonchev–Trinajstić information content (AvgIpc) is 3.10. The van der Waals surface area contributed by atoms with Crippen LogP contribution in [0.2, 0.25) is 0 Å². The first kappa shape index (κ1) is 18.9. The van der Waals surface area contributed by atoms with Crippen molar-refractivity contribution < 1.29 is 22.1 Å². The first-order valence-corrected chi connectivity index (χ1v) is 9.73. The highest BCUT2D eigenvalue weighted by Gasteiger charge is 2.28. The highest BCUT2D eigenvalue weighted by molar-refractivity contribution is 7.89. The summed E-state index contributed by atoms with van der Waals surface area (Å²) in [4.78, 5) is 4.16. The lowest BCUT2D eigenvalue weighted by atomic mass is 10.2. The molecule has 142 valence electrons. The Labute approximate surface area is 151 Å². The van der Waals surface area contributed by atoms with Crippen LogP contribution in [0.3, 0.4) is 0 Å². The standard InChI is InChI=1S/C16H21FN4O4S/c1-11(18-2)9-15-19-16(25-20-15)13-10-12(3-4-14(13)17)26(22,23)21-5-7-24-8-6-21/h3-4,10-11,18H,5-9H2,1-2H3. The molecule has 1 aliphatic rings. The number of morpholine rings is 1. The molecule has 2 aromatic rings. The lowest BCUT2D eigenvalue weighted by molar-refractivity contribution is 0.0730. The number of ether oxygens (including phenoxy) is 1. The van der Waals surface area contributed by atoms with Crippen LogP contribution in [-0.2, 0) is 21.2 Å². The topological polar surface area (TPSA) is 97.6 Å².